The molecule has 4 aromatic rings. The van der Waals surface area contributed by atoms with E-state index in [1.165, 1.54) is 0 Å². The Morgan fingerprint density at radius 3 is 2.56 bits per heavy atom. The second-order valence-corrected chi connectivity index (χ2v) is 5.45. The highest BCUT2D eigenvalue weighted by atomic mass is 16.4. The molecular weight excluding hydrogens is 316 g/mol. The predicted molar refractivity (Wildman–Crippen MR) is 94.6 cm³/mol. The number of para-hydroxylation sites is 1. The molecule has 25 heavy (non-hydrogen) atoms. The van der Waals surface area contributed by atoms with E-state index in [-0.39, 0.29) is 11.6 Å². The quantitative estimate of drug-likeness (QED) is 0.571. The van der Waals surface area contributed by atoms with Gasteiger partial charge in [-0.25, -0.2) is 0 Å². The standard InChI is InChI=1S/C19H14N4O2/c24-18-16-5-1-2-6-17(16)25-19(22-18)23(15-4-3-9-21-12-15)13-14-7-10-20-11-8-14/h1-12H,13H2. The van der Waals surface area contributed by atoms with Gasteiger partial charge >= 0.3 is 6.01 Å². The minimum atomic E-state index is -0.319. The second kappa shape index (κ2) is 6.52. The third kappa shape index (κ3) is 3.10. The first-order valence-corrected chi connectivity index (χ1v) is 7.77. The lowest BCUT2D eigenvalue weighted by Gasteiger charge is -2.21. The van der Waals surface area contributed by atoms with E-state index >= 15 is 0 Å². The molecule has 0 saturated carbocycles. The van der Waals surface area contributed by atoms with Crippen LogP contribution in [0, 0.1) is 0 Å². The first-order valence-electron chi connectivity index (χ1n) is 7.77. The van der Waals surface area contributed by atoms with Crippen LogP contribution in [0.4, 0.5) is 11.7 Å². The summed E-state index contributed by atoms with van der Waals surface area (Å²) in [5.41, 5.74) is 1.98. The topological polar surface area (TPSA) is 72.1 Å². The number of hydrogen-bond donors (Lipinski definition) is 0. The number of benzene rings is 1. The van der Waals surface area contributed by atoms with Crippen LogP contribution >= 0.6 is 0 Å². The molecule has 122 valence electrons. The summed E-state index contributed by atoms with van der Waals surface area (Å²) >= 11 is 0. The molecule has 0 aliphatic carbocycles. The number of pyridine rings is 2. The van der Waals surface area contributed by atoms with Gasteiger partial charge in [0, 0.05) is 18.6 Å². The number of fused-ring (bicyclic) bond motifs is 1. The zero-order chi connectivity index (χ0) is 17.1. The van der Waals surface area contributed by atoms with Crippen molar-refractivity contribution >= 4 is 22.7 Å². The molecule has 0 amide bonds. The van der Waals surface area contributed by atoms with Crippen molar-refractivity contribution in [3.63, 3.8) is 0 Å². The van der Waals surface area contributed by atoms with Crippen LogP contribution in [-0.4, -0.2) is 15.0 Å². The van der Waals surface area contributed by atoms with Crippen molar-refractivity contribution in [1.82, 2.24) is 15.0 Å². The number of aromatic nitrogens is 3. The minimum absolute atomic E-state index is 0.230. The molecule has 6 nitrogen and oxygen atoms in total. The van der Waals surface area contributed by atoms with Crippen LogP contribution in [0.2, 0.25) is 0 Å². The van der Waals surface area contributed by atoms with Crippen molar-refractivity contribution in [2.24, 2.45) is 0 Å². The fourth-order valence-electron chi connectivity index (χ4n) is 2.57. The van der Waals surface area contributed by atoms with Crippen molar-refractivity contribution in [2.75, 3.05) is 4.90 Å². The van der Waals surface area contributed by atoms with Crippen LogP contribution < -0.4 is 10.5 Å². The Morgan fingerprint density at radius 1 is 0.920 bits per heavy atom. The first-order chi connectivity index (χ1) is 12.3. The van der Waals surface area contributed by atoms with Crippen molar-refractivity contribution < 1.29 is 4.42 Å². The second-order valence-electron chi connectivity index (χ2n) is 5.45. The normalized spacial score (nSPS) is 10.7. The van der Waals surface area contributed by atoms with E-state index in [2.05, 4.69) is 15.0 Å². The smallest absolute Gasteiger partial charge is 0.306 e. The van der Waals surface area contributed by atoms with Crippen LogP contribution in [0.3, 0.4) is 0 Å². The lowest BCUT2D eigenvalue weighted by atomic mass is 10.2. The van der Waals surface area contributed by atoms with E-state index in [1.54, 1.807) is 43.0 Å². The molecule has 0 aliphatic rings. The van der Waals surface area contributed by atoms with Crippen LogP contribution in [0.1, 0.15) is 5.56 Å². The van der Waals surface area contributed by atoms with Gasteiger partial charge in [-0.1, -0.05) is 12.1 Å². The lowest BCUT2D eigenvalue weighted by molar-refractivity contribution is 0.567. The molecule has 4 rings (SSSR count). The molecule has 0 fully saturated rings. The summed E-state index contributed by atoms with van der Waals surface area (Å²) < 4.78 is 5.90. The Balaban J connectivity index is 1.84. The SMILES string of the molecule is O=c1nc(N(Cc2ccncc2)c2cccnc2)oc2ccccc12. The Kier molecular flexibility index (Phi) is 3.92. The molecule has 0 saturated heterocycles. The van der Waals surface area contributed by atoms with E-state index in [0.717, 1.165) is 11.3 Å². The van der Waals surface area contributed by atoms with Crippen molar-refractivity contribution in [2.45, 2.75) is 6.54 Å². The molecule has 1 aromatic carbocycles. The van der Waals surface area contributed by atoms with E-state index in [9.17, 15) is 4.79 Å². The summed E-state index contributed by atoms with van der Waals surface area (Å²) in [5.74, 6) is 0. The first kappa shape index (κ1) is 15.0. The maximum Gasteiger partial charge on any atom is 0.306 e. The van der Waals surface area contributed by atoms with Gasteiger partial charge in [-0.15, -0.1) is 0 Å². The number of anilines is 2. The Hall–Kier alpha value is -3.54. The van der Waals surface area contributed by atoms with Gasteiger partial charge in [0.1, 0.15) is 5.58 Å². The molecule has 0 aliphatic heterocycles. The third-order valence-corrected chi connectivity index (χ3v) is 3.79. The van der Waals surface area contributed by atoms with E-state index < -0.39 is 0 Å². The maximum absolute atomic E-state index is 12.4. The third-order valence-electron chi connectivity index (χ3n) is 3.79. The highest BCUT2D eigenvalue weighted by Crippen LogP contribution is 2.26. The summed E-state index contributed by atoms with van der Waals surface area (Å²) in [6.45, 7) is 0.475. The predicted octanol–water partition coefficient (Wildman–Crippen LogP) is 3.32. The van der Waals surface area contributed by atoms with E-state index in [4.69, 9.17) is 4.42 Å². The molecule has 0 atom stereocenters. The van der Waals surface area contributed by atoms with Crippen LogP contribution in [0.5, 0.6) is 0 Å². The molecule has 3 heterocycles. The van der Waals surface area contributed by atoms with Gasteiger partial charge in [0.25, 0.3) is 5.56 Å². The zero-order valence-corrected chi connectivity index (χ0v) is 13.2. The summed E-state index contributed by atoms with van der Waals surface area (Å²) in [6, 6.07) is 14.8. The van der Waals surface area contributed by atoms with Crippen LogP contribution in [0.25, 0.3) is 11.0 Å². The van der Waals surface area contributed by atoms with E-state index in [1.807, 2.05) is 35.2 Å². The summed E-state index contributed by atoms with van der Waals surface area (Å²) in [4.78, 5) is 26.5. The van der Waals surface area contributed by atoms with Gasteiger partial charge in [0.2, 0.25) is 0 Å². The van der Waals surface area contributed by atoms with Gasteiger partial charge in [-0.3, -0.25) is 19.7 Å². The molecule has 0 radical (unpaired) electrons. The van der Waals surface area contributed by atoms with Crippen molar-refractivity contribution in [1.29, 1.82) is 0 Å². The van der Waals surface area contributed by atoms with Crippen molar-refractivity contribution in [3.05, 3.63) is 89.2 Å². The summed E-state index contributed by atoms with van der Waals surface area (Å²) in [5, 5.41) is 0.460. The fraction of sp³-hybridized carbons (Fsp3) is 0.0526. The fourth-order valence-corrected chi connectivity index (χ4v) is 2.57. The average molecular weight is 330 g/mol. The van der Waals surface area contributed by atoms with E-state index in [0.29, 0.717) is 17.5 Å². The molecule has 0 unspecified atom stereocenters. The summed E-state index contributed by atoms with van der Waals surface area (Å²) in [7, 11) is 0. The van der Waals surface area contributed by atoms with Gasteiger partial charge in [0.05, 0.1) is 23.8 Å². The molecule has 6 heteroatoms. The maximum atomic E-state index is 12.4. The highest BCUT2D eigenvalue weighted by Gasteiger charge is 2.16. The van der Waals surface area contributed by atoms with Crippen LogP contribution in [-0.2, 0) is 6.54 Å². The molecular formula is C19H14N4O2. The van der Waals surface area contributed by atoms with Crippen molar-refractivity contribution in [3.8, 4) is 0 Å². The molecule has 0 N–H and O–H groups in total. The molecule has 3 aromatic heterocycles. The average Bonchev–Trinajstić information content (AvgIpc) is 2.67. The zero-order valence-electron chi connectivity index (χ0n) is 13.2. The van der Waals surface area contributed by atoms with Gasteiger partial charge in [-0.2, -0.15) is 4.98 Å². The van der Waals surface area contributed by atoms with Gasteiger partial charge in [0.15, 0.2) is 0 Å². The summed E-state index contributed by atoms with van der Waals surface area (Å²) in [6.07, 6.45) is 6.84. The van der Waals surface area contributed by atoms with Crippen LogP contribution in [0.15, 0.2) is 82.5 Å². The molecule has 0 bridgehead atoms. The number of rotatable bonds is 4. The minimum Gasteiger partial charge on any atom is -0.425 e. The number of hydrogen-bond acceptors (Lipinski definition) is 6. The monoisotopic (exact) mass is 330 g/mol. The Morgan fingerprint density at radius 2 is 1.76 bits per heavy atom. The Labute approximate surface area is 143 Å². The van der Waals surface area contributed by atoms with Gasteiger partial charge in [-0.05, 0) is 42.0 Å². The number of nitrogens with zero attached hydrogens (tertiary/aromatic N) is 4. The van der Waals surface area contributed by atoms with Gasteiger partial charge < -0.3 is 4.42 Å². The Bertz CT molecular complexity index is 1050. The largest absolute Gasteiger partial charge is 0.425 e. The lowest BCUT2D eigenvalue weighted by Crippen LogP contribution is -2.21. The molecule has 0 spiro atoms. The highest BCUT2D eigenvalue weighted by molar-refractivity contribution is 5.76.